The van der Waals surface area contributed by atoms with Gasteiger partial charge in [0.1, 0.15) is 4.66 Å². The van der Waals surface area contributed by atoms with Crippen molar-refractivity contribution in [3.8, 4) is 6.07 Å². The van der Waals surface area contributed by atoms with Crippen LogP contribution in [0, 0.1) is 11.3 Å². The first-order valence-corrected chi connectivity index (χ1v) is 9.48. The maximum Gasteiger partial charge on any atom is 0.269 e. The Hall–Kier alpha value is -3.43. The first-order valence-electron chi connectivity index (χ1n) is 8.66. The van der Waals surface area contributed by atoms with Crippen LogP contribution in [-0.4, -0.2) is 24.4 Å². The Morgan fingerprint density at radius 3 is 2.43 bits per heavy atom. The van der Waals surface area contributed by atoms with Crippen LogP contribution in [0.4, 0.5) is 5.69 Å². The lowest BCUT2D eigenvalue weighted by molar-refractivity contribution is 0.0970. The number of nitriles is 1. The number of carbonyl (C=O) groups excluding carboxylic acids is 1. The molecule has 3 aromatic rings. The first kappa shape index (κ1) is 19.3. The minimum Gasteiger partial charge on any atom is -0.378 e. The van der Waals surface area contributed by atoms with E-state index < -0.39 is 0 Å². The Labute approximate surface area is 166 Å². The van der Waals surface area contributed by atoms with Crippen LogP contribution in [0.2, 0.25) is 0 Å². The zero-order chi connectivity index (χ0) is 20.1. The lowest BCUT2D eigenvalue weighted by atomic mass is 10.1. The van der Waals surface area contributed by atoms with Crippen molar-refractivity contribution in [1.82, 2.24) is 4.57 Å². The summed E-state index contributed by atoms with van der Waals surface area (Å²) >= 11 is 1.21. The summed E-state index contributed by atoms with van der Waals surface area (Å²) in [5, 5.41) is 9.05. The normalized spacial score (nSPS) is 12.0. The molecule has 3 rings (SSSR count). The van der Waals surface area contributed by atoms with Crippen molar-refractivity contribution in [2.45, 2.75) is 6.54 Å². The molecule has 0 aliphatic rings. The molecule has 0 radical (unpaired) electrons. The van der Waals surface area contributed by atoms with Crippen molar-refractivity contribution < 1.29 is 4.79 Å². The van der Waals surface area contributed by atoms with E-state index in [0.717, 1.165) is 11.3 Å². The summed E-state index contributed by atoms with van der Waals surface area (Å²) in [4.78, 5) is 27.4. The Morgan fingerprint density at radius 1 is 1.14 bits per heavy atom. The molecule has 5 nitrogen and oxygen atoms in total. The van der Waals surface area contributed by atoms with E-state index in [1.54, 1.807) is 30.3 Å². The van der Waals surface area contributed by atoms with Gasteiger partial charge in [0.25, 0.3) is 5.56 Å². The summed E-state index contributed by atoms with van der Waals surface area (Å²) in [6.07, 6.45) is 3.08. The smallest absolute Gasteiger partial charge is 0.269 e. The number of carbonyl (C=O) groups is 1. The van der Waals surface area contributed by atoms with E-state index in [9.17, 15) is 9.59 Å². The van der Waals surface area contributed by atoms with Crippen molar-refractivity contribution in [3.05, 3.63) is 85.3 Å². The molecule has 0 aliphatic carbocycles. The monoisotopic (exact) mass is 389 g/mol. The Kier molecular flexibility index (Phi) is 5.87. The second-order valence-corrected chi connectivity index (χ2v) is 7.45. The second kappa shape index (κ2) is 8.51. The number of hydrogen-bond acceptors (Lipinski definition) is 5. The maximum atomic E-state index is 12.9. The number of anilines is 1. The highest BCUT2D eigenvalue weighted by atomic mass is 32.1. The van der Waals surface area contributed by atoms with Crippen LogP contribution in [-0.2, 0) is 6.54 Å². The van der Waals surface area contributed by atoms with Crippen molar-refractivity contribution in [2.75, 3.05) is 19.0 Å². The van der Waals surface area contributed by atoms with Crippen LogP contribution in [0.15, 0.2) is 59.4 Å². The lowest BCUT2D eigenvalue weighted by Crippen LogP contribution is -2.34. The first-order chi connectivity index (χ1) is 13.5. The fourth-order valence-corrected chi connectivity index (χ4v) is 3.71. The molecule has 0 amide bonds. The van der Waals surface area contributed by atoms with E-state index in [0.29, 0.717) is 14.8 Å². The molecule has 0 bridgehead atoms. The van der Waals surface area contributed by atoms with E-state index >= 15 is 0 Å². The quantitative estimate of drug-likeness (QED) is 0.626. The van der Waals surface area contributed by atoms with Gasteiger partial charge in [0.2, 0.25) is 0 Å². The zero-order valence-electron chi connectivity index (χ0n) is 15.6. The Morgan fingerprint density at radius 2 is 1.82 bits per heavy atom. The fourth-order valence-electron chi connectivity index (χ4n) is 2.73. The predicted octanol–water partition coefficient (Wildman–Crippen LogP) is 1.99. The van der Waals surface area contributed by atoms with E-state index in [2.05, 4.69) is 0 Å². The van der Waals surface area contributed by atoms with Crippen LogP contribution >= 0.6 is 11.3 Å². The van der Waals surface area contributed by atoms with Crippen LogP contribution in [0.1, 0.15) is 15.9 Å². The van der Waals surface area contributed by atoms with Gasteiger partial charge in [0.15, 0.2) is 5.78 Å². The minimum atomic E-state index is -0.271. The molecule has 0 atom stereocenters. The van der Waals surface area contributed by atoms with E-state index in [-0.39, 0.29) is 17.9 Å². The molecule has 0 saturated carbocycles. The third-order valence-corrected chi connectivity index (χ3v) is 5.29. The number of hydrogen-bond donors (Lipinski definition) is 0. The molecule has 2 aromatic carbocycles. The van der Waals surface area contributed by atoms with Gasteiger partial charge in [0.05, 0.1) is 17.1 Å². The molecule has 6 heteroatoms. The Bertz CT molecular complexity index is 1200. The minimum absolute atomic E-state index is 0.0970. The van der Waals surface area contributed by atoms with Crippen LogP contribution in [0.5, 0.6) is 0 Å². The molecule has 140 valence electrons. The molecule has 0 spiro atoms. The van der Waals surface area contributed by atoms with E-state index in [4.69, 9.17) is 5.26 Å². The molecule has 0 unspecified atom stereocenters. The second-order valence-electron chi connectivity index (χ2n) is 6.39. The number of thiazole rings is 1. The summed E-state index contributed by atoms with van der Waals surface area (Å²) in [7, 11) is 3.93. The van der Waals surface area contributed by atoms with Gasteiger partial charge in [0, 0.05) is 31.4 Å². The molecule has 0 aliphatic heterocycles. The highest BCUT2D eigenvalue weighted by Crippen LogP contribution is 2.12. The number of rotatable bonds is 5. The van der Waals surface area contributed by atoms with E-state index in [1.165, 1.54) is 22.0 Å². The van der Waals surface area contributed by atoms with Crippen molar-refractivity contribution in [1.29, 1.82) is 5.26 Å². The van der Waals surface area contributed by atoms with Crippen molar-refractivity contribution in [2.24, 2.45) is 0 Å². The standard InChI is InChI=1S/C22H19N3O2S/c1-24(2)18-10-8-16(9-11-18)14-20-22(27)25(21(28-20)12-13-23)15-19(26)17-6-4-3-5-7-17/h3-12,14H,15H2,1-2H3/b20-14+,21-12-. The lowest BCUT2D eigenvalue weighted by Gasteiger charge is -2.11. The summed E-state index contributed by atoms with van der Waals surface area (Å²) < 4.78 is 2.32. The number of aromatic nitrogens is 1. The van der Waals surface area contributed by atoms with Gasteiger partial charge in [-0.25, -0.2) is 0 Å². The molecular formula is C22H19N3O2S. The van der Waals surface area contributed by atoms with Crippen LogP contribution in [0.3, 0.4) is 0 Å². The molecule has 28 heavy (non-hydrogen) atoms. The fraction of sp³-hybridized carbons (Fsp3) is 0.136. The van der Waals surface area contributed by atoms with Gasteiger partial charge in [-0.15, -0.1) is 11.3 Å². The molecular weight excluding hydrogens is 370 g/mol. The molecule has 1 heterocycles. The summed E-state index contributed by atoms with van der Waals surface area (Å²) in [5.41, 5.74) is 2.21. The average Bonchev–Trinajstić information content (AvgIpc) is 2.98. The number of ketones is 1. The number of nitrogens with zero attached hydrogens (tertiary/aromatic N) is 3. The zero-order valence-corrected chi connectivity index (χ0v) is 16.4. The van der Waals surface area contributed by atoms with Gasteiger partial charge in [-0.2, -0.15) is 5.26 Å². The summed E-state index contributed by atoms with van der Waals surface area (Å²) in [5.74, 6) is -0.171. The average molecular weight is 389 g/mol. The van der Waals surface area contributed by atoms with E-state index in [1.807, 2.05) is 55.4 Å². The van der Waals surface area contributed by atoms with Crippen molar-refractivity contribution >= 4 is 35.0 Å². The van der Waals surface area contributed by atoms with Gasteiger partial charge in [-0.3, -0.25) is 14.2 Å². The van der Waals surface area contributed by atoms with Crippen molar-refractivity contribution in [3.63, 3.8) is 0 Å². The highest BCUT2D eigenvalue weighted by Gasteiger charge is 2.11. The number of benzene rings is 2. The third-order valence-electron chi connectivity index (χ3n) is 4.23. The summed E-state index contributed by atoms with van der Waals surface area (Å²) in [6.45, 7) is -0.0970. The molecule has 0 fully saturated rings. The van der Waals surface area contributed by atoms with Gasteiger partial charge in [-0.05, 0) is 23.8 Å². The van der Waals surface area contributed by atoms with Crippen LogP contribution < -0.4 is 19.7 Å². The van der Waals surface area contributed by atoms with Gasteiger partial charge in [-0.1, -0.05) is 42.5 Å². The molecule has 0 saturated heterocycles. The number of Topliss-reactive ketones (excluding diaryl/α,β-unsaturated/α-hetero) is 1. The SMILES string of the molecule is CN(C)c1ccc(/C=c2/s/c(=C\C#N)n(CC(=O)c3ccccc3)c2=O)cc1. The third kappa shape index (κ3) is 4.27. The summed E-state index contributed by atoms with van der Waals surface area (Å²) in [6, 6.07) is 18.6. The molecule has 1 aromatic heterocycles. The predicted molar refractivity (Wildman–Crippen MR) is 113 cm³/mol. The van der Waals surface area contributed by atoms with Gasteiger partial charge < -0.3 is 4.90 Å². The highest BCUT2D eigenvalue weighted by molar-refractivity contribution is 7.07. The largest absolute Gasteiger partial charge is 0.378 e. The van der Waals surface area contributed by atoms with Crippen LogP contribution in [0.25, 0.3) is 12.2 Å². The molecule has 0 N–H and O–H groups in total. The van der Waals surface area contributed by atoms with Gasteiger partial charge >= 0.3 is 0 Å². The topological polar surface area (TPSA) is 66.1 Å². The maximum absolute atomic E-state index is 12.9. The Balaban J connectivity index is 2.02.